The lowest BCUT2D eigenvalue weighted by Crippen LogP contribution is -2.18. The second kappa shape index (κ2) is 5.58. The van der Waals surface area contributed by atoms with E-state index in [2.05, 4.69) is 11.4 Å². The van der Waals surface area contributed by atoms with Crippen molar-refractivity contribution in [2.75, 3.05) is 11.1 Å². The largest absolute Gasteiger partial charge is 0.398 e. The molecule has 1 aliphatic rings. The standard InChI is InChI=1S/C14H19N3/c15-10-11-9-13(7-8-14(11)16)17-12-5-3-1-2-4-6-12/h7-9,12,17H,1-6,16H2. The summed E-state index contributed by atoms with van der Waals surface area (Å²) in [5.41, 5.74) is 7.84. The average molecular weight is 229 g/mol. The van der Waals surface area contributed by atoms with Crippen LogP contribution in [0.1, 0.15) is 44.1 Å². The fraction of sp³-hybridized carbons (Fsp3) is 0.500. The normalized spacial score (nSPS) is 17.1. The van der Waals surface area contributed by atoms with Gasteiger partial charge in [-0.25, -0.2) is 0 Å². The van der Waals surface area contributed by atoms with Crippen molar-refractivity contribution in [2.24, 2.45) is 0 Å². The minimum Gasteiger partial charge on any atom is -0.398 e. The van der Waals surface area contributed by atoms with Crippen LogP contribution in [0.3, 0.4) is 0 Å². The van der Waals surface area contributed by atoms with Crippen LogP contribution in [-0.2, 0) is 0 Å². The maximum Gasteiger partial charge on any atom is 0.101 e. The van der Waals surface area contributed by atoms with Crippen molar-refractivity contribution in [1.29, 1.82) is 5.26 Å². The van der Waals surface area contributed by atoms with Gasteiger partial charge in [0, 0.05) is 17.4 Å². The van der Waals surface area contributed by atoms with Crippen LogP contribution in [0.15, 0.2) is 18.2 Å². The summed E-state index contributed by atoms with van der Waals surface area (Å²) in [6.45, 7) is 0. The predicted octanol–water partition coefficient (Wildman–Crippen LogP) is 3.28. The molecule has 0 aromatic heterocycles. The molecule has 2 rings (SSSR count). The average Bonchev–Trinajstić information content (AvgIpc) is 2.60. The van der Waals surface area contributed by atoms with Crippen LogP contribution in [-0.4, -0.2) is 6.04 Å². The summed E-state index contributed by atoms with van der Waals surface area (Å²) < 4.78 is 0. The molecule has 1 fully saturated rings. The first kappa shape index (κ1) is 11.8. The second-order valence-corrected chi connectivity index (χ2v) is 4.75. The number of hydrogen-bond acceptors (Lipinski definition) is 3. The second-order valence-electron chi connectivity index (χ2n) is 4.75. The monoisotopic (exact) mass is 229 g/mol. The minimum atomic E-state index is 0.549. The molecule has 0 amide bonds. The molecule has 1 aromatic rings. The molecule has 0 spiro atoms. The zero-order valence-electron chi connectivity index (χ0n) is 10.1. The zero-order valence-corrected chi connectivity index (χ0v) is 10.1. The third kappa shape index (κ3) is 3.13. The lowest BCUT2D eigenvalue weighted by Gasteiger charge is -2.18. The van der Waals surface area contributed by atoms with Crippen LogP contribution in [0.2, 0.25) is 0 Å². The van der Waals surface area contributed by atoms with Crippen molar-refractivity contribution in [2.45, 2.75) is 44.6 Å². The van der Waals surface area contributed by atoms with Crippen LogP contribution in [0.4, 0.5) is 11.4 Å². The molecule has 0 saturated heterocycles. The van der Waals surface area contributed by atoms with Gasteiger partial charge in [0.05, 0.1) is 5.56 Å². The smallest absolute Gasteiger partial charge is 0.101 e. The molecule has 0 aliphatic heterocycles. The van der Waals surface area contributed by atoms with Crippen LogP contribution in [0, 0.1) is 11.3 Å². The number of hydrogen-bond donors (Lipinski definition) is 2. The van der Waals surface area contributed by atoms with Gasteiger partial charge in [0.15, 0.2) is 0 Å². The number of nitrogens with zero attached hydrogens (tertiary/aromatic N) is 1. The molecule has 0 heterocycles. The van der Waals surface area contributed by atoms with Gasteiger partial charge in [-0.05, 0) is 31.0 Å². The molecule has 0 unspecified atom stereocenters. The Hall–Kier alpha value is -1.69. The van der Waals surface area contributed by atoms with Crippen molar-refractivity contribution in [3.8, 4) is 6.07 Å². The van der Waals surface area contributed by atoms with E-state index in [9.17, 15) is 0 Å². The van der Waals surface area contributed by atoms with E-state index >= 15 is 0 Å². The van der Waals surface area contributed by atoms with Crippen LogP contribution in [0.25, 0.3) is 0 Å². The van der Waals surface area contributed by atoms with Gasteiger partial charge in [-0.15, -0.1) is 0 Å². The molecule has 1 saturated carbocycles. The maximum absolute atomic E-state index is 8.94. The fourth-order valence-electron chi connectivity index (χ4n) is 2.40. The maximum atomic E-state index is 8.94. The van der Waals surface area contributed by atoms with Crippen molar-refractivity contribution < 1.29 is 0 Å². The third-order valence-electron chi connectivity index (χ3n) is 3.40. The number of nitrogens with two attached hydrogens (primary N) is 1. The van der Waals surface area contributed by atoms with Gasteiger partial charge in [-0.1, -0.05) is 25.7 Å². The Balaban J connectivity index is 2.05. The first-order valence-electron chi connectivity index (χ1n) is 6.36. The molecule has 0 radical (unpaired) electrons. The first-order chi connectivity index (χ1) is 8.29. The van der Waals surface area contributed by atoms with E-state index in [4.69, 9.17) is 11.0 Å². The third-order valence-corrected chi connectivity index (χ3v) is 3.40. The number of nitriles is 1. The highest BCUT2D eigenvalue weighted by atomic mass is 14.9. The number of nitrogen functional groups attached to an aromatic ring is 1. The lowest BCUT2D eigenvalue weighted by molar-refractivity contribution is 0.620. The Morgan fingerprint density at radius 2 is 1.88 bits per heavy atom. The van der Waals surface area contributed by atoms with Crippen molar-refractivity contribution in [1.82, 2.24) is 0 Å². The molecule has 90 valence electrons. The van der Waals surface area contributed by atoms with Crippen LogP contribution < -0.4 is 11.1 Å². The summed E-state index contributed by atoms with van der Waals surface area (Å²) in [6.07, 6.45) is 7.76. The van der Waals surface area contributed by atoms with E-state index in [1.807, 2.05) is 12.1 Å². The van der Waals surface area contributed by atoms with Crippen molar-refractivity contribution >= 4 is 11.4 Å². The Morgan fingerprint density at radius 1 is 1.18 bits per heavy atom. The minimum absolute atomic E-state index is 0.549. The van der Waals surface area contributed by atoms with E-state index in [1.54, 1.807) is 6.07 Å². The predicted molar refractivity (Wildman–Crippen MR) is 70.7 cm³/mol. The summed E-state index contributed by atoms with van der Waals surface area (Å²) >= 11 is 0. The molecule has 0 bridgehead atoms. The summed E-state index contributed by atoms with van der Waals surface area (Å²) in [5, 5.41) is 12.5. The van der Waals surface area contributed by atoms with E-state index in [0.29, 0.717) is 17.3 Å². The van der Waals surface area contributed by atoms with E-state index in [-0.39, 0.29) is 0 Å². The van der Waals surface area contributed by atoms with Gasteiger partial charge in [-0.2, -0.15) is 5.26 Å². The SMILES string of the molecule is N#Cc1cc(NC2CCCCCC2)ccc1N. The Kier molecular flexibility index (Phi) is 3.87. The van der Waals surface area contributed by atoms with E-state index < -0.39 is 0 Å². The van der Waals surface area contributed by atoms with Crippen molar-refractivity contribution in [3.63, 3.8) is 0 Å². The molecular weight excluding hydrogens is 210 g/mol. The van der Waals surface area contributed by atoms with Crippen LogP contribution in [0.5, 0.6) is 0 Å². The molecule has 3 heteroatoms. The Labute approximate surface area is 103 Å². The highest BCUT2D eigenvalue weighted by molar-refractivity contribution is 5.62. The van der Waals surface area contributed by atoms with E-state index in [0.717, 1.165) is 5.69 Å². The summed E-state index contributed by atoms with van der Waals surface area (Å²) in [4.78, 5) is 0. The van der Waals surface area contributed by atoms with Gasteiger partial charge in [0.1, 0.15) is 6.07 Å². The number of anilines is 2. The first-order valence-corrected chi connectivity index (χ1v) is 6.36. The van der Waals surface area contributed by atoms with Crippen LogP contribution >= 0.6 is 0 Å². The Bertz CT molecular complexity index is 412. The molecule has 3 N–H and O–H groups in total. The van der Waals surface area contributed by atoms with Gasteiger partial charge in [-0.3, -0.25) is 0 Å². The lowest BCUT2D eigenvalue weighted by atomic mass is 10.1. The molecule has 1 aliphatic carbocycles. The summed E-state index contributed by atoms with van der Waals surface area (Å²) in [6, 6.07) is 8.28. The molecule has 1 aromatic carbocycles. The zero-order chi connectivity index (χ0) is 12.1. The van der Waals surface area contributed by atoms with Gasteiger partial charge in [0.25, 0.3) is 0 Å². The highest BCUT2D eigenvalue weighted by Crippen LogP contribution is 2.23. The van der Waals surface area contributed by atoms with E-state index in [1.165, 1.54) is 38.5 Å². The number of nitrogens with one attached hydrogen (secondary N) is 1. The quantitative estimate of drug-likeness (QED) is 0.604. The molecule has 3 nitrogen and oxygen atoms in total. The number of benzene rings is 1. The molecule has 0 atom stereocenters. The Morgan fingerprint density at radius 3 is 2.53 bits per heavy atom. The summed E-state index contributed by atoms with van der Waals surface area (Å²) in [5.74, 6) is 0. The fourth-order valence-corrected chi connectivity index (χ4v) is 2.40. The molecular formula is C14H19N3. The topological polar surface area (TPSA) is 61.8 Å². The van der Waals surface area contributed by atoms with Crippen molar-refractivity contribution in [3.05, 3.63) is 23.8 Å². The van der Waals surface area contributed by atoms with Gasteiger partial charge in [0.2, 0.25) is 0 Å². The van der Waals surface area contributed by atoms with Gasteiger partial charge < -0.3 is 11.1 Å². The number of rotatable bonds is 2. The highest BCUT2D eigenvalue weighted by Gasteiger charge is 2.12. The molecule has 17 heavy (non-hydrogen) atoms. The van der Waals surface area contributed by atoms with Gasteiger partial charge >= 0.3 is 0 Å². The summed E-state index contributed by atoms with van der Waals surface area (Å²) in [7, 11) is 0.